The normalized spacial score (nSPS) is 10.7. The Morgan fingerprint density at radius 2 is 1.87 bits per heavy atom. The van der Waals surface area contributed by atoms with E-state index in [-0.39, 0.29) is 0 Å². The summed E-state index contributed by atoms with van der Waals surface area (Å²) in [6.07, 6.45) is 1.69. The predicted molar refractivity (Wildman–Crippen MR) is 94.8 cm³/mol. The number of hydrogen-bond donors (Lipinski definition) is 1. The SMILES string of the molecule is Cc1ccc(NC(=O)C(=O)c2cn(C)c3ccccc23)c(Br)c1. The zero-order valence-electron chi connectivity index (χ0n) is 12.8. The number of nitrogens with zero attached hydrogens (tertiary/aromatic N) is 1. The van der Waals surface area contributed by atoms with Gasteiger partial charge in [-0.1, -0.05) is 24.3 Å². The molecule has 1 N–H and O–H groups in total. The summed E-state index contributed by atoms with van der Waals surface area (Å²) in [6.45, 7) is 1.96. The smallest absolute Gasteiger partial charge is 0.296 e. The van der Waals surface area contributed by atoms with Gasteiger partial charge in [-0.3, -0.25) is 9.59 Å². The molecule has 1 amide bonds. The molecule has 3 aromatic rings. The first-order valence-electron chi connectivity index (χ1n) is 7.13. The van der Waals surface area contributed by atoms with Crippen LogP contribution in [0.3, 0.4) is 0 Å². The Labute approximate surface area is 142 Å². The summed E-state index contributed by atoms with van der Waals surface area (Å²) >= 11 is 3.39. The summed E-state index contributed by atoms with van der Waals surface area (Å²) in [6, 6.07) is 13.1. The highest BCUT2D eigenvalue weighted by molar-refractivity contribution is 9.10. The van der Waals surface area contributed by atoms with Crippen molar-refractivity contribution < 1.29 is 9.59 Å². The minimum Gasteiger partial charge on any atom is -0.350 e. The third kappa shape index (κ3) is 2.92. The van der Waals surface area contributed by atoms with Crippen LogP contribution in [0.25, 0.3) is 10.9 Å². The van der Waals surface area contributed by atoms with Crippen molar-refractivity contribution in [1.82, 2.24) is 4.57 Å². The van der Waals surface area contributed by atoms with E-state index >= 15 is 0 Å². The number of rotatable bonds is 3. The molecule has 0 saturated heterocycles. The third-order valence-corrected chi connectivity index (χ3v) is 4.38. The number of para-hydroxylation sites is 1. The van der Waals surface area contributed by atoms with E-state index in [4.69, 9.17) is 0 Å². The number of aryl methyl sites for hydroxylation is 2. The highest BCUT2D eigenvalue weighted by atomic mass is 79.9. The van der Waals surface area contributed by atoms with Gasteiger partial charge in [0.25, 0.3) is 11.7 Å². The first-order chi connectivity index (χ1) is 11.0. The van der Waals surface area contributed by atoms with E-state index in [0.717, 1.165) is 20.9 Å². The number of halogens is 1. The molecule has 0 bridgehead atoms. The molecule has 0 fully saturated rings. The fourth-order valence-electron chi connectivity index (χ4n) is 2.55. The van der Waals surface area contributed by atoms with Gasteiger partial charge in [0.2, 0.25) is 0 Å². The van der Waals surface area contributed by atoms with Crippen molar-refractivity contribution in [2.24, 2.45) is 7.05 Å². The first kappa shape index (κ1) is 15.5. The largest absolute Gasteiger partial charge is 0.350 e. The Bertz CT molecular complexity index is 928. The summed E-state index contributed by atoms with van der Waals surface area (Å²) in [4.78, 5) is 24.8. The number of benzene rings is 2. The van der Waals surface area contributed by atoms with Gasteiger partial charge in [-0.05, 0) is 46.6 Å². The van der Waals surface area contributed by atoms with Crippen molar-refractivity contribution in [1.29, 1.82) is 0 Å². The Morgan fingerprint density at radius 3 is 2.61 bits per heavy atom. The lowest BCUT2D eigenvalue weighted by Gasteiger charge is -2.07. The quantitative estimate of drug-likeness (QED) is 0.557. The van der Waals surface area contributed by atoms with E-state index < -0.39 is 11.7 Å². The molecule has 5 heteroatoms. The molecule has 0 saturated carbocycles. The van der Waals surface area contributed by atoms with Crippen LogP contribution in [0.15, 0.2) is 53.1 Å². The fraction of sp³-hybridized carbons (Fsp3) is 0.111. The van der Waals surface area contributed by atoms with Gasteiger partial charge >= 0.3 is 0 Å². The highest BCUT2D eigenvalue weighted by Crippen LogP contribution is 2.25. The lowest BCUT2D eigenvalue weighted by atomic mass is 10.1. The molecule has 0 aliphatic carbocycles. The molecule has 116 valence electrons. The average Bonchev–Trinajstić information content (AvgIpc) is 2.87. The predicted octanol–water partition coefficient (Wildman–Crippen LogP) is 4.07. The number of amides is 1. The van der Waals surface area contributed by atoms with Crippen LogP contribution < -0.4 is 5.32 Å². The van der Waals surface area contributed by atoms with Gasteiger partial charge in [0.1, 0.15) is 0 Å². The summed E-state index contributed by atoms with van der Waals surface area (Å²) in [5.74, 6) is -1.19. The number of nitrogens with one attached hydrogen (secondary N) is 1. The Hall–Kier alpha value is -2.40. The first-order valence-corrected chi connectivity index (χ1v) is 7.92. The molecule has 23 heavy (non-hydrogen) atoms. The number of ketones is 1. The van der Waals surface area contributed by atoms with Gasteiger partial charge in [-0.25, -0.2) is 0 Å². The Kier molecular flexibility index (Phi) is 4.05. The molecule has 0 aliphatic rings. The number of aromatic nitrogens is 1. The number of anilines is 1. The second-order valence-corrected chi connectivity index (χ2v) is 6.29. The van der Waals surface area contributed by atoms with E-state index in [9.17, 15) is 9.59 Å². The van der Waals surface area contributed by atoms with E-state index in [0.29, 0.717) is 11.3 Å². The number of Topliss-reactive ketones (excluding diaryl/α,β-unsaturated/α-hetero) is 1. The van der Waals surface area contributed by atoms with Crippen LogP contribution in [0.4, 0.5) is 5.69 Å². The fourth-order valence-corrected chi connectivity index (χ4v) is 3.14. The molecular weight excluding hydrogens is 356 g/mol. The lowest BCUT2D eigenvalue weighted by Crippen LogP contribution is -2.23. The molecule has 4 nitrogen and oxygen atoms in total. The Balaban J connectivity index is 1.91. The van der Waals surface area contributed by atoms with Crippen molar-refractivity contribution in [3.63, 3.8) is 0 Å². The van der Waals surface area contributed by atoms with Gasteiger partial charge in [0.15, 0.2) is 0 Å². The minimum absolute atomic E-state index is 0.406. The maximum Gasteiger partial charge on any atom is 0.296 e. The second-order valence-electron chi connectivity index (χ2n) is 5.44. The molecule has 0 atom stereocenters. The van der Waals surface area contributed by atoms with Crippen molar-refractivity contribution in [3.05, 3.63) is 64.3 Å². The van der Waals surface area contributed by atoms with Gasteiger partial charge < -0.3 is 9.88 Å². The molecule has 1 aromatic heterocycles. The lowest BCUT2D eigenvalue weighted by molar-refractivity contribution is -0.112. The number of hydrogen-bond acceptors (Lipinski definition) is 2. The monoisotopic (exact) mass is 370 g/mol. The summed E-state index contributed by atoms with van der Waals surface area (Å²) in [5, 5.41) is 3.44. The van der Waals surface area contributed by atoms with Crippen molar-refractivity contribution in [2.75, 3.05) is 5.32 Å². The van der Waals surface area contributed by atoms with Crippen LogP contribution in [0.1, 0.15) is 15.9 Å². The van der Waals surface area contributed by atoms with Crippen LogP contribution in [-0.2, 0) is 11.8 Å². The van der Waals surface area contributed by atoms with E-state index in [1.807, 2.05) is 54.9 Å². The molecule has 2 aromatic carbocycles. The van der Waals surface area contributed by atoms with Crippen molar-refractivity contribution in [2.45, 2.75) is 6.92 Å². The molecule has 0 aliphatic heterocycles. The van der Waals surface area contributed by atoms with E-state index in [2.05, 4.69) is 21.2 Å². The van der Waals surface area contributed by atoms with Crippen LogP contribution in [0, 0.1) is 6.92 Å². The second kappa shape index (κ2) is 6.01. The van der Waals surface area contributed by atoms with Gasteiger partial charge in [-0.2, -0.15) is 0 Å². The van der Waals surface area contributed by atoms with Crippen molar-refractivity contribution >= 4 is 44.2 Å². The maximum atomic E-state index is 12.5. The molecule has 0 radical (unpaired) electrons. The van der Waals surface area contributed by atoms with Crippen molar-refractivity contribution in [3.8, 4) is 0 Å². The number of carbonyl (C=O) groups is 2. The summed E-state index contributed by atoms with van der Waals surface area (Å²) < 4.78 is 2.59. The van der Waals surface area contributed by atoms with Gasteiger partial charge in [0.05, 0.1) is 11.3 Å². The maximum absolute atomic E-state index is 12.5. The van der Waals surface area contributed by atoms with Gasteiger partial charge in [0, 0.05) is 28.6 Å². The van der Waals surface area contributed by atoms with Crippen LogP contribution in [0.5, 0.6) is 0 Å². The molecule has 1 heterocycles. The Morgan fingerprint density at radius 1 is 1.13 bits per heavy atom. The molecule has 0 unspecified atom stereocenters. The molecule has 3 rings (SSSR count). The standard InChI is InChI=1S/C18H15BrN2O2/c1-11-7-8-15(14(19)9-11)20-18(23)17(22)13-10-21(2)16-6-4-3-5-12(13)16/h3-10H,1-2H3,(H,20,23). The average molecular weight is 371 g/mol. The van der Waals surface area contributed by atoms with Crippen LogP contribution >= 0.6 is 15.9 Å². The van der Waals surface area contributed by atoms with E-state index in [1.165, 1.54) is 0 Å². The number of fused-ring (bicyclic) bond motifs is 1. The zero-order valence-corrected chi connectivity index (χ0v) is 14.3. The van der Waals surface area contributed by atoms with Gasteiger partial charge in [-0.15, -0.1) is 0 Å². The van der Waals surface area contributed by atoms with Crippen LogP contribution in [0.2, 0.25) is 0 Å². The third-order valence-electron chi connectivity index (χ3n) is 3.72. The van der Waals surface area contributed by atoms with E-state index in [1.54, 1.807) is 12.3 Å². The number of carbonyl (C=O) groups excluding carboxylic acids is 2. The summed E-state index contributed by atoms with van der Waals surface area (Å²) in [7, 11) is 1.85. The molecular formula is C18H15BrN2O2. The molecule has 0 spiro atoms. The zero-order chi connectivity index (χ0) is 16.6. The summed E-state index contributed by atoms with van der Waals surface area (Å²) in [5.41, 5.74) is 2.97. The minimum atomic E-state index is -0.647. The van der Waals surface area contributed by atoms with Crippen LogP contribution in [-0.4, -0.2) is 16.3 Å². The highest BCUT2D eigenvalue weighted by Gasteiger charge is 2.21. The topological polar surface area (TPSA) is 51.1 Å².